The number of ether oxygens (including phenoxy) is 2. The zero-order valence-corrected chi connectivity index (χ0v) is 14.8. The van der Waals surface area contributed by atoms with Gasteiger partial charge in [-0.25, -0.2) is 4.79 Å². The van der Waals surface area contributed by atoms with Crippen LogP contribution in [0.1, 0.15) is 44.2 Å². The minimum atomic E-state index is -0.482. The molecule has 1 amide bonds. The van der Waals surface area contributed by atoms with Gasteiger partial charge in [-0.05, 0) is 57.4 Å². The standard InChI is InChI=1S/C18H28N2O3/c1-12-10-13(22-5)6-7-14(12)15-8-9-20(11-16(15)19)17(21)23-18(2,3)4/h6-7,10,15-16H,8-9,11,19H2,1-5H3. The van der Waals surface area contributed by atoms with Crippen LogP contribution < -0.4 is 10.5 Å². The first kappa shape index (κ1) is 17.6. The Hall–Kier alpha value is -1.75. The molecule has 0 saturated carbocycles. The number of piperidine rings is 1. The van der Waals surface area contributed by atoms with E-state index in [2.05, 4.69) is 13.0 Å². The largest absolute Gasteiger partial charge is 0.497 e. The molecule has 5 heteroatoms. The molecular formula is C18H28N2O3. The second-order valence-electron chi connectivity index (χ2n) is 7.21. The van der Waals surface area contributed by atoms with Crippen molar-refractivity contribution in [1.29, 1.82) is 0 Å². The molecule has 1 aliphatic rings. The molecule has 5 nitrogen and oxygen atoms in total. The fraction of sp³-hybridized carbons (Fsp3) is 0.611. The summed E-state index contributed by atoms with van der Waals surface area (Å²) in [6.07, 6.45) is 0.561. The quantitative estimate of drug-likeness (QED) is 0.909. The van der Waals surface area contributed by atoms with E-state index >= 15 is 0 Å². The third-order valence-electron chi connectivity index (χ3n) is 4.19. The van der Waals surface area contributed by atoms with Crippen LogP contribution in [0.5, 0.6) is 5.75 Å². The molecule has 0 bridgehead atoms. The highest BCUT2D eigenvalue weighted by Gasteiger charge is 2.32. The SMILES string of the molecule is COc1ccc(C2CCN(C(=O)OC(C)(C)C)CC2N)c(C)c1. The fourth-order valence-corrected chi connectivity index (χ4v) is 3.05. The molecule has 2 unspecified atom stereocenters. The molecule has 2 rings (SSSR count). The number of benzene rings is 1. The van der Waals surface area contributed by atoms with Crippen molar-refractivity contribution in [2.45, 2.75) is 51.7 Å². The summed E-state index contributed by atoms with van der Waals surface area (Å²) in [7, 11) is 1.67. The predicted molar refractivity (Wildman–Crippen MR) is 90.9 cm³/mol. The Morgan fingerprint density at radius 1 is 1.35 bits per heavy atom. The first-order valence-electron chi connectivity index (χ1n) is 8.09. The summed E-state index contributed by atoms with van der Waals surface area (Å²) in [6.45, 7) is 8.88. The first-order valence-corrected chi connectivity index (χ1v) is 8.09. The molecule has 2 atom stereocenters. The second kappa shape index (κ2) is 6.79. The lowest BCUT2D eigenvalue weighted by Crippen LogP contribution is -2.50. The molecule has 1 aromatic carbocycles. The number of carbonyl (C=O) groups is 1. The summed E-state index contributed by atoms with van der Waals surface area (Å²) < 4.78 is 10.7. The molecule has 0 aromatic heterocycles. The van der Waals surface area contributed by atoms with Gasteiger partial charge in [0.1, 0.15) is 11.4 Å². The van der Waals surface area contributed by atoms with Crippen LogP contribution in [-0.4, -0.2) is 42.8 Å². The molecule has 0 aliphatic carbocycles. The van der Waals surface area contributed by atoms with Crippen LogP contribution in [0.3, 0.4) is 0 Å². The van der Waals surface area contributed by atoms with Crippen LogP contribution in [0.15, 0.2) is 18.2 Å². The van der Waals surface area contributed by atoms with Crippen LogP contribution in [0.4, 0.5) is 4.79 Å². The van der Waals surface area contributed by atoms with E-state index in [1.165, 1.54) is 11.1 Å². The Kier molecular flexibility index (Phi) is 5.19. The third kappa shape index (κ3) is 4.38. The monoisotopic (exact) mass is 320 g/mol. The van der Waals surface area contributed by atoms with Gasteiger partial charge in [0.15, 0.2) is 0 Å². The summed E-state index contributed by atoms with van der Waals surface area (Å²) in [4.78, 5) is 13.9. The van der Waals surface area contributed by atoms with Crippen molar-refractivity contribution in [3.05, 3.63) is 29.3 Å². The normalized spacial score (nSPS) is 21.9. The molecule has 1 aliphatic heterocycles. The van der Waals surface area contributed by atoms with Gasteiger partial charge in [0, 0.05) is 25.0 Å². The lowest BCUT2D eigenvalue weighted by atomic mass is 9.83. The van der Waals surface area contributed by atoms with E-state index in [-0.39, 0.29) is 18.1 Å². The van der Waals surface area contributed by atoms with Crippen molar-refractivity contribution in [1.82, 2.24) is 4.90 Å². The van der Waals surface area contributed by atoms with Crippen LogP contribution >= 0.6 is 0 Å². The van der Waals surface area contributed by atoms with Gasteiger partial charge in [-0.15, -0.1) is 0 Å². The van der Waals surface area contributed by atoms with E-state index in [1.54, 1.807) is 12.0 Å². The fourth-order valence-electron chi connectivity index (χ4n) is 3.05. The van der Waals surface area contributed by atoms with Crippen LogP contribution in [0.25, 0.3) is 0 Å². The summed E-state index contributed by atoms with van der Waals surface area (Å²) in [5.41, 5.74) is 8.29. The van der Waals surface area contributed by atoms with Gasteiger partial charge in [0.05, 0.1) is 7.11 Å². The van der Waals surface area contributed by atoms with E-state index in [1.807, 2.05) is 32.9 Å². The lowest BCUT2D eigenvalue weighted by molar-refractivity contribution is 0.0186. The number of aryl methyl sites for hydroxylation is 1. The molecule has 2 N–H and O–H groups in total. The van der Waals surface area contributed by atoms with E-state index < -0.39 is 5.60 Å². The van der Waals surface area contributed by atoms with Crippen molar-refractivity contribution >= 4 is 6.09 Å². The second-order valence-corrected chi connectivity index (χ2v) is 7.21. The van der Waals surface area contributed by atoms with Gasteiger partial charge < -0.3 is 20.1 Å². The topological polar surface area (TPSA) is 64.8 Å². The minimum Gasteiger partial charge on any atom is -0.497 e. The number of hydrogen-bond acceptors (Lipinski definition) is 4. The molecule has 23 heavy (non-hydrogen) atoms. The summed E-state index contributed by atoms with van der Waals surface area (Å²) in [6, 6.07) is 5.99. The molecule has 1 heterocycles. The van der Waals surface area contributed by atoms with E-state index in [4.69, 9.17) is 15.2 Å². The van der Waals surface area contributed by atoms with E-state index in [0.717, 1.165) is 12.2 Å². The Morgan fingerprint density at radius 3 is 2.57 bits per heavy atom. The van der Waals surface area contributed by atoms with Crippen molar-refractivity contribution in [2.75, 3.05) is 20.2 Å². The summed E-state index contributed by atoms with van der Waals surface area (Å²) >= 11 is 0. The average Bonchev–Trinajstić information content (AvgIpc) is 2.45. The molecule has 1 aromatic rings. The number of nitrogens with two attached hydrogens (primary N) is 1. The van der Waals surface area contributed by atoms with Gasteiger partial charge in [-0.2, -0.15) is 0 Å². The number of hydrogen-bond donors (Lipinski definition) is 1. The van der Waals surface area contributed by atoms with E-state index in [0.29, 0.717) is 13.1 Å². The van der Waals surface area contributed by atoms with Gasteiger partial charge in [0.25, 0.3) is 0 Å². The molecule has 1 fully saturated rings. The summed E-state index contributed by atoms with van der Waals surface area (Å²) in [5.74, 6) is 1.10. The van der Waals surface area contributed by atoms with Gasteiger partial charge in [-0.3, -0.25) is 0 Å². The zero-order valence-electron chi connectivity index (χ0n) is 14.8. The van der Waals surface area contributed by atoms with E-state index in [9.17, 15) is 4.79 Å². The van der Waals surface area contributed by atoms with Gasteiger partial charge in [0.2, 0.25) is 0 Å². The number of methoxy groups -OCH3 is 1. The van der Waals surface area contributed by atoms with Crippen LogP contribution in [-0.2, 0) is 4.74 Å². The average molecular weight is 320 g/mol. The highest BCUT2D eigenvalue weighted by Crippen LogP contribution is 2.31. The molecule has 0 spiro atoms. The lowest BCUT2D eigenvalue weighted by Gasteiger charge is -2.38. The Balaban J connectivity index is 2.06. The maximum absolute atomic E-state index is 12.2. The highest BCUT2D eigenvalue weighted by atomic mass is 16.6. The zero-order chi connectivity index (χ0) is 17.2. The van der Waals surface area contributed by atoms with Crippen molar-refractivity contribution in [2.24, 2.45) is 5.73 Å². The molecule has 0 radical (unpaired) electrons. The van der Waals surface area contributed by atoms with Crippen molar-refractivity contribution in [3.8, 4) is 5.75 Å². The Morgan fingerprint density at radius 2 is 2.04 bits per heavy atom. The van der Waals surface area contributed by atoms with Crippen LogP contribution in [0.2, 0.25) is 0 Å². The first-order chi connectivity index (χ1) is 10.7. The molecule has 1 saturated heterocycles. The maximum atomic E-state index is 12.2. The third-order valence-corrected chi connectivity index (χ3v) is 4.19. The molecular weight excluding hydrogens is 292 g/mol. The number of carbonyl (C=O) groups excluding carboxylic acids is 1. The Bertz CT molecular complexity index is 566. The maximum Gasteiger partial charge on any atom is 0.410 e. The Labute approximate surface area is 138 Å². The number of likely N-dealkylation sites (tertiary alicyclic amines) is 1. The minimum absolute atomic E-state index is 0.0941. The van der Waals surface area contributed by atoms with Crippen molar-refractivity contribution < 1.29 is 14.3 Å². The predicted octanol–water partition coefficient (Wildman–Crippen LogP) is 3.06. The van der Waals surface area contributed by atoms with Gasteiger partial charge in [-0.1, -0.05) is 6.07 Å². The number of nitrogens with zero attached hydrogens (tertiary/aromatic N) is 1. The van der Waals surface area contributed by atoms with Crippen molar-refractivity contribution in [3.63, 3.8) is 0 Å². The number of rotatable bonds is 2. The number of amides is 1. The highest BCUT2D eigenvalue weighted by molar-refractivity contribution is 5.68. The molecule has 128 valence electrons. The smallest absolute Gasteiger partial charge is 0.410 e. The van der Waals surface area contributed by atoms with Gasteiger partial charge >= 0.3 is 6.09 Å². The summed E-state index contributed by atoms with van der Waals surface area (Å²) in [5, 5.41) is 0. The van der Waals surface area contributed by atoms with Crippen LogP contribution in [0, 0.1) is 6.92 Å².